The number of hydrogen-bond acceptors (Lipinski definition) is 0. The molecule has 3 aliphatic rings. The first-order chi connectivity index (χ1) is 4.88. The Morgan fingerprint density at radius 1 is 1.00 bits per heavy atom. The summed E-state index contributed by atoms with van der Waals surface area (Å²) in [5.41, 5.74) is 0. The molecular weight excluding hydrogens is 120 g/mol. The molecule has 0 saturated heterocycles. The molecule has 0 nitrogen and oxygen atoms in total. The van der Waals surface area contributed by atoms with Crippen molar-refractivity contribution in [2.24, 2.45) is 29.6 Å². The average molecular weight is 136 g/mol. The monoisotopic (exact) mass is 136 g/mol. The third-order valence-electron chi connectivity index (χ3n) is 4.46. The Morgan fingerprint density at radius 2 is 1.80 bits per heavy atom. The Kier molecular flexibility index (Phi) is 0.898. The second kappa shape index (κ2) is 1.60. The van der Waals surface area contributed by atoms with Crippen molar-refractivity contribution in [1.29, 1.82) is 0 Å². The number of rotatable bonds is 0. The van der Waals surface area contributed by atoms with Crippen LogP contribution in [-0.2, 0) is 0 Å². The molecule has 0 aliphatic heterocycles. The van der Waals surface area contributed by atoms with E-state index in [0.717, 1.165) is 5.92 Å². The van der Waals surface area contributed by atoms with Crippen molar-refractivity contribution in [1.82, 2.24) is 0 Å². The van der Waals surface area contributed by atoms with Crippen molar-refractivity contribution in [3.05, 3.63) is 0 Å². The van der Waals surface area contributed by atoms with Crippen LogP contribution in [0.2, 0.25) is 0 Å². The SMILES string of the molecule is C[C@H]1CC2C3CCCC3C21. The molecule has 3 rings (SSSR count). The summed E-state index contributed by atoms with van der Waals surface area (Å²) in [5.74, 6) is 5.93. The van der Waals surface area contributed by atoms with E-state index in [2.05, 4.69) is 6.92 Å². The summed E-state index contributed by atoms with van der Waals surface area (Å²) in [4.78, 5) is 0. The van der Waals surface area contributed by atoms with E-state index in [1.165, 1.54) is 23.7 Å². The van der Waals surface area contributed by atoms with Gasteiger partial charge >= 0.3 is 0 Å². The third-order valence-corrected chi connectivity index (χ3v) is 4.46. The highest BCUT2D eigenvalue weighted by Gasteiger charge is 2.59. The number of hydrogen-bond donors (Lipinski definition) is 0. The van der Waals surface area contributed by atoms with Gasteiger partial charge < -0.3 is 0 Å². The molecule has 0 heterocycles. The Bertz CT molecular complexity index is 161. The van der Waals surface area contributed by atoms with Crippen LogP contribution >= 0.6 is 0 Å². The quantitative estimate of drug-likeness (QED) is 0.480. The maximum atomic E-state index is 2.45. The number of fused-ring (bicyclic) bond motifs is 4. The molecule has 4 unspecified atom stereocenters. The van der Waals surface area contributed by atoms with Crippen molar-refractivity contribution in [2.75, 3.05) is 0 Å². The summed E-state index contributed by atoms with van der Waals surface area (Å²) < 4.78 is 0. The highest BCUT2D eigenvalue weighted by atomic mass is 14.6. The minimum atomic E-state index is 1.10. The summed E-state index contributed by atoms with van der Waals surface area (Å²) in [6.45, 7) is 2.45. The molecule has 3 fully saturated rings. The van der Waals surface area contributed by atoms with Gasteiger partial charge in [-0.15, -0.1) is 0 Å². The Morgan fingerprint density at radius 3 is 2.60 bits per heavy atom. The first kappa shape index (κ1) is 5.62. The van der Waals surface area contributed by atoms with Gasteiger partial charge in [0.1, 0.15) is 0 Å². The van der Waals surface area contributed by atoms with Crippen LogP contribution in [0.1, 0.15) is 32.6 Å². The largest absolute Gasteiger partial charge is 0.0622 e. The van der Waals surface area contributed by atoms with E-state index in [-0.39, 0.29) is 0 Å². The van der Waals surface area contributed by atoms with Gasteiger partial charge in [-0.05, 0) is 48.9 Å². The van der Waals surface area contributed by atoms with Gasteiger partial charge in [-0.1, -0.05) is 13.3 Å². The maximum absolute atomic E-state index is 2.45. The molecule has 0 aromatic carbocycles. The molecule has 0 aromatic heterocycles. The van der Waals surface area contributed by atoms with Gasteiger partial charge in [-0.2, -0.15) is 0 Å². The second-order valence-corrected chi connectivity index (χ2v) is 4.71. The summed E-state index contributed by atoms with van der Waals surface area (Å²) in [5, 5.41) is 0. The molecule has 3 aliphatic carbocycles. The zero-order valence-electron chi connectivity index (χ0n) is 6.72. The van der Waals surface area contributed by atoms with E-state index in [4.69, 9.17) is 0 Å². The molecule has 0 bridgehead atoms. The molecule has 0 aromatic rings. The van der Waals surface area contributed by atoms with Crippen LogP contribution in [0.3, 0.4) is 0 Å². The van der Waals surface area contributed by atoms with Gasteiger partial charge in [0.25, 0.3) is 0 Å². The van der Waals surface area contributed by atoms with Gasteiger partial charge in [0, 0.05) is 0 Å². The van der Waals surface area contributed by atoms with E-state index < -0.39 is 0 Å². The predicted octanol–water partition coefficient (Wildman–Crippen LogP) is 2.69. The summed E-state index contributed by atoms with van der Waals surface area (Å²) in [6, 6.07) is 0. The van der Waals surface area contributed by atoms with E-state index >= 15 is 0 Å². The van der Waals surface area contributed by atoms with Crippen molar-refractivity contribution >= 4 is 0 Å². The summed E-state index contributed by atoms with van der Waals surface area (Å²) >= 11 is 0. The van der Waals surface area contributed by atoms with Crippen LogP contribution in [-0.4, -0.2) is 0 Å². The Labute approximate surface area is 63.0 Å². The van der Waals surface area contributed by atoms with Gasteiger partial charge in [0.2, 0.25) is 0 Å². The summed E-state index contributed by atoms with van der Waals surface area (Å²) in [6.07, 6.45) is 6.29. The molecule has 3 saturated carbocycles. The molecular formula is C10H16. The normalized spacial score (nSPS) is 63.9. The Hall–Kier alpha value is 0. The average Bonchev–Trinajstić information content (AvgIpc) is 2.25. The first-order valence-corrected chi connectivity index (χ1v) is 4.88. The van der Waals surface area contributed by atoms with Gasteiger partial charge in [0.05, 0.1) is 0 Å². The van der Waals surface area contributed by atoms with Crippen LogP contribution in [0.15, 0.2) is 0 Å². The fourth-order valence-corrected chi connectivity index (χ4v) is 4.05. The fraction of sp³-hybridized carbons (Fsp3) is 1.00. The lowest BCUT2D eigenvalue weighted by Crippen LogP contribution is -2.55. The molecule has 5 atom stereocenters. The molecule has 0 N–H and O–H groups in total. The predicted molar refractivity (Wildman–Crippen MR) is 41.6 cm³/mol. The molecule has 0 radical (unpaired) electrons. The second-order valence-electron chi connectivity index (χ2n) is 4.71. The highest BCUT2D eigenvalue weighted by molar-refractivity contribution is 5.08. The zero-order valence-corrected chi connectivity index (χ0v) is 6.72. The van der Waals surface area contributed by atoms with Crippen LogP contribution in [0.4, 0.5) is 0 Å². The van der Waals surface area contributed by atoms with Gasteiger partial charge in [-0.25, -0.2) is 0 Å². The molecule has 0 spiro atoms. The van der Waals surface area contributed by atoms with E-state index in [1.807, 2.05) is 0 Å². The van der Waals surface area contributed by atoms with Crippen molar-refractivity contribution < 1.29 is 0 Å². The fourth-order valence-electron chi connectivity index (χ4n) is 4.05. The molecule has 0 heteroatoms. The van der Waals surface area contributed by atoms with Crippen LogP contribution in [0.5, 0.6) is 0 Å². The minimum absolute atomic E-state index is 1.10. The molecule has 0 amide bonds. The van der Waals surface area contributed by atoms with Crippen molar-refractivity contribution in [3.8, 4) is 0 Å². The van der Waals surface area contributed by atoms with Crippen LogP contribution in [0, 0.1) is 29.6 Å². The minimum Gasteiger partial charge on any atom is -0.0622 e. The van der Waals surface area contributed by atoms with Gasteiger partial charge in [-0.3, -0.25) is 0 Å². The van der Waals surface area contributed by atoms with Crippen molar-refractivity contribution in [2.45, 2.75) is 32.6 Å². The van der Waals surface area contributed by atoms with E-state index in [0.29, 0.717) is 0 Å². The highest BCUT2D eigenvalue weighted by Crippen LogP contribution is 2.66. The standard InChI is InChI=1S/C10H16/c1-6-5-9-7-3-2-4-8(7)10(6)9/h6-10H,2-5H2,1H3/t6-,7?,8?,9?,10?/m0/s1. The molecule has 10 heavy (non-hydrogen) atoms. The zero-order chi connectivity index (χ0) is 6.72. The van der Waals surface area contributed by atoms with Gasteiger partial charge in [0.15, 0.2) is 0 Å². The lowest BCUT2D eigenvalue weighted by Gasteiger charge is -2.61. The maximum Gasteiger partial charge on any atom is -0.0326 e. The van der Waals surface area contributed by atoms with Crippen LogP contribution in [0.25, 0.3) is 0 Å². The summed E-state index contributed by atoms with van der Waals surface area (Å²) in [7, 11) is 0. The first-order valence-electron chi connectivity index (χ1n) is 4.88. The molecule has 56 valence electrons. The lowest BCUT2D eigenvalue weighted by molar-refractivity contribution is -0.129. The van der Waals surface area contributed by atoms with E-state index in [1.54, 1.807) is 25.7 Å². The lowest BCUT2D eigenvalue weighted by atomic mass is 9.44. The third kappa shape index (κ3) is 0.436. The Balaban J connectivity index is 1.81. The van der Waals surface area contributed by atoms with E-state index in [9.17, 15) is 0 Å². The smallest absolute Gasteiger partial charge is 0.0326 e. The van der Waals surface area contributed by atoms with Crippen LogP contribution < -0.4 is 0 Å². The topological polar surface area (TPSA) is 0 Å². The van der Waals surface area contributed by atoms with Crippen molar-refractivity contribution in [3.63, 3.8) is 0 Å².